The number of pyridine rings is 1. The van der Waals surface area contributed by atoms with Gasteiger partial charge in [-0.1, -0.05) is 11.6 Å². The second-order valence-electron chi connectivity index (χ2n) is 6.10. The maximum absolute atomic E-state index is 13.0. The van der Waals surface area contributed by atoms with E-state index in [4.69, 9.17) is 11.6 Å². The second kappa shape index (κ2) is 7.34. The van der Waals surface area contributed by atoms with Crippen molar-refractivity contribution in [1.82, 2.24) is 19.3 Å². The number of nitrogens with zero attached hydrogens (tertiary/aromatic N) is 3. The Labute approximate surface area is 164 Å². The molecule has 1 N–H and O–H groups in total. The molecule has 2 aromatic heterocycles. The summed E-state index contributed by atoms with van der Waals surface area (Å²) in [5.74, 6) is 0.301. The third-order valence-corrected chi connectivity index (χ3v) is 5.85. The van der Waals surface area contributed by atoms with E-state index in [-0.39, 0.29) is 15.4 Å². The summed E-state index contributed by atoms with van der Waals surface area (Å²) in [5, 5.41) is 0.163. The van der Waals surface area contributed by atoms with E-state index in [0.29, 0.717) is 17.9 Å². The third-order valence-electron chi connectivity index (χ3n) is 4.13. The molecule has 3 aromatic rings. The lowest BCUT2D eigenvalue weighted by molar-refractivity contribution is -0.137. The van der Waals surface area contributed by atoms with Crippen LogP contribution in [0.3, 0.4) is 0 Å². The smallest absolute Gasteiger partial charge is 0.327 e. The van der Waals surface area contributed by atoms with Gasteiger partial charge in [-0.2, -0.15) is 13.2 Å². The first kappa shape index (κ1) is 20.6. The van der Waals surface area contributed by atoms with Crippen molar-refractivity contribution in [2.45, 2.75) is 37.5 Å². The first-order chi connectivity index (χ1) is 13.0. The highest BCUT2D eigenvalue weighted by Gasteiger charge is 2.31. The Kier molecular flexibility index (Phi) is 5.39. The van der Waals surface area contributed by atoms with Crippen LogP contribution in [0.4, 0.5) is 13.2 Å². The van der Waals surface area contributed by atoms with Crippen molar-refractivity contribution in [3.8, 4) is 0 Å². The zero-order valence-corrected chi connectivity index (χ0v) is 16.4. The molecular weight excluding hydrogens is 417 g/mol. The highest BCUT2D eigenvalue weighted by molar-refractivity contribution is 7.89. The minimum absolute atomic E-state index is 0.120. The van der Waals surface area contributed by atoms with Gasteiger partial charge in [-0.3, -0.25) is 4.98 Å². The number of hydrogen-bond acceptors (Lipinski definition) is 4. The van der Waals surface area contributed by atoms with Gasteiger partial charge in [0.1, 0.15) is 10.7 Å². The zero-order chi connectivity index (χ0) is 20.7. The molecule has 0 spiro atoms. The largest absolute Gasteiger partial charge is 0.416 e. The summed E-state index contributed by atoms with van der Waals surface area (Å²) in [5.41, 5.74) is -0.164. The summed E-state index contributed by atoms with van der Waals surface area (Å²) in [6.45, 7) is 3.62. The van der Waals surface area contributed by atoms with Crippen LogP contribution in [0.15, 0.2) is 41.6 Å². The number of benzene rings is 1. The molecule has 2 heterocycles. The molecule has 150 valence electrons. The Morgan fingerprint density at radius 1 is 1.25 bits per heavy atom. The summed E-state index contributed by atoms with van der Waals surface area (Å²) in [4.78, 5) is 7.96. The highest BCUT2D eigenvalue weighted by atomic mass is 35.5. The van der Waals surface area contributed by atoms with Crippen LogP contribution < -0.4 is 4.72 Å². The fourth-order valence-corrected chi connectivity index (χ4v) is 4.30. The van der Waals surface area contributed by atoms with E-state index in [1.54, 1.807) is 18.4 Å². The lowest BCUT2D eigenvalue weighted by Gasteiger charge is -2.15. The molecule has 0 aliphatic carbocycles. The molecule has 0 unspecified atom stereocenters. The van der Waals surface area contributed by atoms with Gasteiger partial charge in [-0.05, 0) is 38.1 Å². The van der Waals surface area contributed by atoms with Crippen molar-refractivity contribution in [2.24, 2.45) is 0 Å². The summed E-state index contributed by atoms with van der Waals surface area (Å²) in [6, 6.07) is 3.69. The quantitative estimate of drug-likeness (QED) is 0.656. The minimum Gasteiger partial charge on any atom is -0.327 e. The lowest BCUT2D eigenvalue weighted by atomic mass is 10.2. The molecule has 1 atom stereocenters. The Bertz CT molecular complexity index is 1130. The molecule has 3 rings (SSSR count). The van der Waals surface area contributed by atoms with E-state index >= 15 is 0 Å². The van der Waals surface area contributed by atoms with E-state index in [1.807, 2.05) is 0 Å². The fraction of sp³-hybridized carbons (Fsp3) is 0.294. The number of aryl methyl sites for hydroxylation is 1. The van der Waals surface area contributed by atoms with E-state index in [1.165, 1.54) is 18.3 Å². The summed E-state index contributed by atoms with van der Waals surface area (Å²) in [6.07, 6.45) is -2.03. The SMILES string of the molecule is CCn1c([C@@H](C)NS(=O)(=O)c2cncc(Cl)c2)nc2ccc(C(F)(F)F)cc21. The number of fused-ring (bicyclic) bond motifs is 1. The fourth-order valence-electron chi connectivity index (χ4n) is 2.87. The molecule has 6 nitrogen and oxygen atoms in total. The van der Waals surface area contributed by atoms with Crippen molar-refractivity contribution >= 4 is 32.7 Å². The molecule has 11 heteroatoms. The van der Waals surface area contributed by atoms with Gasteiger partial charge in [0.2, 0.25) is 10.0 Å². The van der Waals surface area contributed by atoms with Gasteiger partial charge >= 0.3 is 6.18 Å². The Hall–Kier alpha value is -2.17. The van der Waals surface area contributed by atoms with Crippen LogP contribution in [-0.2, 0) is 22.7 Å². The predicted molar refractivity (Wildman–Crippen MR) is 98.4 cm³/mol. The number of sulfonamides is 1. The van der Waals surface area contributed by atoms with E-state index in [9.17, 15) is 21.6 Å². The summed E-state index contributed by atoms with van der Waals surface area (Å²) < 4.78 is 68.2. The molecule has 0 fully saturated rings. The molecule has 1 aromatic carbocycles. The molecule has 0 aliphatic heterocycles. The van der Waals surface area contributed by atoms with Crippen molar-refractivity contribution < 1.29 is 21.6 Å². The van der Waals surface area contributed by atoms with Gasteiger partial charge in [0.05, 0.1) is 27.7 Å². The van der Waals surface area contributed by atoms with E-state index in [0.717, 1.165) is 18.3 Å². The first-order valence-corrected chi connectivity index (χ1v) is 10.1. The highest BCUT2D eigenvalue weighted by Crippen LogP contribution is 2.32. The van der Waals surface area contributed by atoms with Gasteiger partial charge in [-0.25, -0.2) is 18.1 Å². The molecule has 28 heavy (non-hydrogen) atoms. The minimum atomic E-state index is -4.48. The van der Waals surface area contributed by atoms with Crippen LogP contribution in [0, 0.1) is 0 Å². The average molecular weight is 433 g/mol. The van der Waals surface area contributed by atoms with E-state index < -0.39 is 27.8 Å². The molecule has 0 saturated heterocycles. The molecule has 0 saturated carbocycles. The normalized spacial score (nSPS) is 13.8. The van der Waals surface area contributed by atoms with Crippen molar-refractivity contribution in [3.05, 3.63) is 53.1 Å². The summed E-state index contributed by atoms with van der Waals surface area (Å²) in [7, 11) is -3.95. The number of imidazole rings is 1. The molecule has 0 amide bonds. The van der Waals surface area contributed by atoms with Gasteiger partial charge in [0.15, 0.2) is 0 Å². The average Bonchev–Trinajstić information content (AvgIpc) is 2.98. The molecule has 0 aliphatic rings. The van der Waals surface area contributed by atoms with Gasteiger partial charge in [0, 0.05) is 18.9 Å². The molecular formula is C17H16ClF3N4O2S. The van der Waals surface area contributed by atoms with Crippen molar-refractivity contribution in [3.63, 3.8) is 0 Å². The Balaban J connectivity index is 2.00. The number of alkyl halides is 3. The monoisotopic (exact) mass is 432 g/mol. The topological polar surface area (TPSA) is 76.9 Å². The zero-order valence-electron chi connectivity index (χ0n) is 14.8. The standard InChI is InChI=1S/C17H16ClF3N4O2S/c1-3-25-15-6-11(17(19,20)21)4-5-14(15)23-16(25)10(2)24-28(26,27)13-7-12(18)8-22-9-13/h4-10,24H,3H2,1-2H3/t10-/m1/s1. The van der Waals surface area contributed by atoms with Crippen LogP contribution in [0.1, 0.15) is 31.3 Å². The van der Waals surface area contributed by atoms with Gasteiger partial charge in [0.25, 0.3) is 0 Å². The van der Waals surface area contributed by atoms with Crippen LogP contribution in [0.25, 0.3) is 11.0 Å². The van der Waals surface area contributed by atoms with E-state index in [2.05, 4.69) is 14.7 Å². The second-order valence-corrected chi connectivity index (χ2v) is 8.25. The molecule has 0 bridgehead atoms. The van der Waals surface area contributed by atoms with Crippen molar-refractivity contribution in [2.75, 3.05) is 0 Å². The predicted octanol–water partition coefficient (Wildman–Crippen LogP) is 4.16. The number of rotatable bonds is 5. The number of aromatic nitrogens is 3. The lowest BCUT2D eigenvalue weighted by Crippen LogP contribution is -2.29. The first-order valence-electron chi connectivity index (χ1n) is 8.23. The van der Waals surface area contributed by atoms with Gasteiger partial charge in [-0.15, -0.1) is 0 Å². The Morgan fingerprint density at radius 3 is 2.57 bits per heavy atom. The number of hydrogen-bond donors (Lipinski definition) is 1. The van der Waals surface area contributed by atoms with Crippen LogP contribution >= 0.6 is 11.6 Å². The number of nitrogens with one attached hydrogen (secondary N) is 1. The van der Waals surface area contributed by atoms with Crippen molar-refractivity contribution in [1.29, 1.82) is 0 Å². The Morgan fingerprint density at radius 2 is 1.96 bits per heavy atom. The maximum atomic E-state index is 13.0. The van der Waals surface area contributed by atoms with Crippen LogP contribution in [0.5, 0.6) is 0 Å². The van der Waals surface area contributed by atoms with Crippen LogP contribution in [0.2, 0.25) is 5.02 Å². The third kappa shape index (κ3) is 3.98. The maximum Gasteiger partial charge on any atom is 0.416 e. The summed E-state index contributed by atoms with van der Waals surface area (Å²) >= 11 is 5.79. The number of halogens is 4. The molecule has 0 radical (unpaired) electrons. The van der Waals surface area contributed by atoms with Crippen LogP contribution in [-0.4, -0.2) is 23.0 Å². The van der Waals surface area contributed by atoms with Gasteiger partial charge < -0.3 is 4.57 Å².